The van der Waals surface area contributed by atoms with Crippen LogP contribution in [0.2, 0.25) is 0 Å². The first-order chi connectivity index (χ1) is 6.90. The second kappa shape index (κ2) is 7.41. The average molecular weight is 250 g/mol. The first-order valence-electron chi connectivity index (χ1n) is 5.13. The molecule has 0 fully saturated rings. The minimum Gasteiger partial charge on any atom is -0.354 e. The first kappa shape index (κ1) is 15.1. The topological polar surface area (TPSA) is 32.3 Å². The van der Waals surface area contributed by atoms with E-state index in [1.165, 1.54) is 0 Å². The van der Waals surface area contributed by atoms with Gasteiger partial charge in [-0.1, -0.05) is 6.92 Å². The van der Waals surface area contributed by atoms with Crippen molar-refractivity contribution in [3.8, 4) is 0 Å². The summed E-state index contributed by atoms with van der Waals surface area (Å²) in [6.45, 7) is 4.65. The Kier molecular flexibility index (Phi) is 7.48. The van der Waals surface area contributed by atoms with E-state index in [0.29, 0.717) is 18.3 Å². The maximum absolute atomic E-state index is 11.7. The fourth-order valence-corrected chi connectivity index (χ4v) is 1.91. The van der Waals surface area contributed by atoms with Gasteiger partial charge in [-0.15, -0.1) is 0 Å². The summed E-state index contributed by atoms with van der Waals surface area (Å²) in [7, 11) is 3.99. The lowest BCUT2D eigenvalue weighted by Crippen LogP contribution is -2.42. The fraction of sp³-hybridized carbons (Fsp3) is 0.900. The summed E-state index contributed by atoms with van der Waals surface area (Å²) in [6.07, 6.45) is 0. The molecule has 0 rings (SSSR count). The van der Waals surface area contributed by atoms with Gasteiger partial charge in [-0.2, -0.15) is 25.3 Å². The molecule has 0 aromatic heterocycles. The number of carbonyl (C=O) groups excluding carboxylic acids is 1. The van der Waals surface area contributed by atoms with Crippen molar-refractivity contribution in [1.29, 1.82) is 0 Å². The van der Waals surface area contributed by atoms with Gasteiger partial charge < -0.3 is 10.2 Å². The predicted molar refractivity (Wildman–Crippen MR) is 71.9 cm³/mol. The van der Waals surface area contributed by atoms with Gasteiger partial charge in [0.25, 0.3) is 0 Å². The number of likely N-dealkylation sites (N-methyl/N-ethyl adjacent to an activating group) is 1. The standard InChI is InChI=1S/C10H22N2OS2/c1-7(12(3)4)5-11-10(13)9(6-14)8(2)15/h7-9,14-15H,5-6H2,1-4H3,(H,11,13). The largest absolute Gasteiger partial charge is 0.354 e. The van der Waals surface area contributed by atoms with Crippen molar-refractivity contribution in [3.63, 3.8) is 0 Å². The van der Waals surface area contributed by atoms with Crippen molar-refractivity contribution in [2.45, 2.75) is 25.1 Å². The molecule has 0 aromatic rings. The number of rotatable bonds is 6. The Balaban J connectivity index is 4.02. The highest BCUT2D eigenvalue weighted by molar-refractivity contribution is 7.81. The van der Waals surface area contributed by atoms with Gasteiger partial charge in [0.05, 0.1) is 5.92 Å². The van der Waals surface area contributed by atoms with E-state index in [1.807, 2.05) is 21.0 Å². The number of carbonyl (C=O) groups is 1. The van der Waals surface area contributed by atoms with Crippen LogP contribution in [0.25, 0.3) is 0 Å². The van der Waals surface area contributed by atoms with E-state index in [9.17, 15) is 4.79 Å². The SMILES string of the molecule is CC(S)C(CS)C(=O)NCC(C)N(C)C. The molecule has 1 N–H and O–H groups in total. The van der Waals surface area contributed by atoms with E-state index in [-0.39, 0.29) is 17.1 Å². The Morgan fingerprint density at radius 2 is 1.93 bits per heavy atom. The summed E-state index contributed by atoms with van der Waals surface area (Å²) in [6, 6.07) is 0.338. The maximum Gasteiger partial charge on any atom is 0.225 e. The van der Waals surface area contributed by atoms with Crippen molar-refractivity contribution in [1.82, 2.24) is 10.2 Å². The molecule has 90 valence electrons. The van der Waals surface area contributed by atoms with Crippen molar-refractivity contribution >= 4 is 31.2 Å². The number of amides is 1. The molecule has 0 radical (unpaired) electrons. The molecule has 0 aliphatic rings. The highest BCUT2D eigenvalue weighted by Gasteiger charge is 2.21. The van der Waals surface area contributed by atoms with Gasteiger partial charge in [-0.3, -0.25) is 4.79 Å². The second-order valence-corrected chi connectivity index (χ2v) is 5.27. The van der Waals surface area contributed by atoms with Gasteiger partial charge in [0.1, 0.15) is 0 Å². The fourth-order valence-electron chi connectivity index (χ4n) is 1.02. The minimum atomic E-state index is -0.119. The molecule has 0 aliphatic carbocycles. The van der Waals surface area contributed by atoms with E-state index < -0.39 is 0 Å². The third-order valence-electron chi connectivity index (χ3n) is 2.57. The van der Waals surface area contributed by atoms with E-state index >= 15 is 0 Å². The van der Waals surface area contributed by atoms with Crippen LogP contribution in [0.1, 0.15) is 13.8 Å². The van der Waals surface area contributed by atoms with Crippen LogP contribution in [-0.2, 0) is 4.79 Å². The van der Waals surface area contributed by atoms with Gasteiger partial charge in [-0.05, 0) is 21.0 Å². The van der Waals surface area contributed by atoms with E-state index in [1.54, 1.807) is 0 Å². The molecule has 3 nitrogen and oxygen atoms in total. The number of thiol groups is 2. The Labute approximate surface area is 104 Å². The highest BCUT2D eigenvalue weighted by atomic mass is 32.1. The molecule has 15 heavy (non-hydrogen) atoms. The smallest absolute Gasteiger partial charge is 0.225 e. The zero-order valence-corrected chi connectivity index (χ0v) is 11.7. The summed E-state index contributed by atoms with van der Waals surface area (Å²) in [4.78, 5) is 13.8. The highest BCUT2D eigenvalue weighted by Crippen LogP contribution is 2.11. The van der Waals surface area contributed by atoms with Gasteiger partial charge >= 0.3 is 0 Å². The maximum atomic E-state index is 11.7. The van der Waals surface area contributed by atoms with Crippen LogP contribution in [0.3, 0.4) is 0 Å². The molecule has 0 spiro atoms. The van der Waals surface area contributed by atoms with Crippen molar-refractivity contribution in [3.05, 3.63) is 0 Å². The quantitative estimate of drug-likeness (QED) is 0.613. The van der Waals surface area contributed by atoms with Gasteiger partial charge in [-0.25, -0.2) is 0 Å². The normalized spacial score (nSPS) is 17.3. The Bertz CT molecular complexity index is 198. The molecule has 1 amide bonds. The van der Waals surface area contributed by atoms with Crippen LogP contribution in [-0.4, -0.2) is 48.5 Å². The summed E-state index contributed by atoms with van der Waals surface area (Å²) >= 11 is 8.44. The van der Waals surface area contributed by atoms with Gasteiger partial charge in [0.2, 0.25) is 5.91 Å². The number of nitrogens with one attached hydrogen (secondary N) is 1. The Morgan fingerprint density at radius 3 is 2.27 bits per heavy atom. The Hall–Kier alpha value is 0.130. The molecule has 0 heterocycles. The molecule has 0 saturated carbocycles. The molecule has 3 unspecified atom stereocenters. The molecular weight excluding hydrogens is 228 g/mol. The van der Waals surface area contributed by atoms with Crippen molar-refractivity contribution in [2.24, 2.45) is 5.92 Å². The number of hydrogen-bond acceptors (Lipinski definition) is 4. The summed E-state index contributed by atoms with van der Waals surface area (Å²) in [5.74, 6) is 0.458. The molecule has 5 heteroatoms. The lowest BCUT2D eigenvalue weighted by atomic mass is 10.1. The van der Waals surface area contributed by atoms with E-state index in [2.05, 4.69) is 42.4 Å². The average Bonchev–Trinajstić information content (AvgIpc) is 2.14. The second-order valence-electron chi connectivity index (χ2n) is 4.09. The zero-order chi connectivity index (χ0) is 12.0. The van der Waals surface area contributed by atoms with Crippen molar-refractivity contribution < 1.29 is 4.79 Å². The van der Waals surface area contributed by atoms with Crippen LogP contribution in [0.15, 0.2) is 0 Å². The zero-order valence-electron chi connectivity index (χ0n) is 9.90. The first-order valence-corrected chi connectivity index (χ1v) is 6.28. The predicted octanol–water partition coefficient (Wildman–Crippen LogP) is 0.917. The Morgan fingerprint density at radius 1 is 1.40 bits per heavy atom. The monoisotopic (exact) mass is 250 g/mol. The van der Waals surface area contributed by atoms with Crippen LogP contribution >= 0.6 is 25.3 Å². The molecule has 0 aromatic carbocycles. The number of nitrogens with zero attached hydrogens (tertiary/aromatic N) is 1. The lowest BCUT2D eigenvalue weighted by molar-refractivity contribution is -0.124. The summed E-state index contributed by atoms with van der Waals surface area (Å²) in [5.41, 5.74) is 0. The summed E-state index contributed by atoms with van der Waals surface area (Å²) < 4.78 is 0. The lowest BCUT2D eigenvalue weighted by Gasteiger charge is -2.22. The number of hydrogen-bond donors (Lipinski definition) is 3. The molecular formula is C10H22N2OS2. The van der Waals surface area contributed by atoms with Crippen LogP contribution in [0.4, 0.5) is 0 Å². The molecule has 0 aliphatic heterocycles. The molecule has 3 atom stereocenters. The van der Waals surface area contributed by atoms with Crippen LogP contribution < -0.4 is 5.32 Å². The third-order valence-corrected chi connectivity index (χ3v) is 3.32. The molecule has 0 bridgehead atoms. The van der Waals surface area contributed by atoms with Crippen LogP contribution in [0.5, 0.6) is 0 Å². The van der Waals surface area contributed by atoms with E-state index in [0.717, 1.165) is 0 Å². The molecule has 0 saturated heterocycles. The third kappa shape index (κ3) is 5.68. The minimum absolute atomic E-state index is 0.0390. The summed E-state index contributed by atoms with van der Waals surface area (Å²) in [5, 5.41) is 2.96. The van der Waals surface area contributed by atoms with Gasteiger partial charge in [0, 0.05) is 23.6 Å². The van der Waals surface area contributed by atoms with Gasteiger partial charge in [0.15, 0.2) is 0 Å². The van der Waals surface area contributed by atoms with Crippen LogP contribution in [0, 0.1) is 5.92 Å². The van der Waals surface area contributed by atoms with Crippen molar-refractivity contribution in [2.75, 3.05) is 26.4 Å². The van der Waals surface area contributed by atoms with E-state index in [4.69, 9.17) is 0 Å².